The second kappa shape index (κ2) is 5.86. The highest BCUT2D eigenvalue weighted by atomic mass is 16.1. The molecule has 6 heteroatoms. The van der Waals surface area contributed by atoms with Crippen LogP contribution in [0.3, 0.4) is 0 Å². The summed E-state index contributed by atoms with van der Waals surface area (Å²) >= 11 is 0. The number of nitrogens with one attached hydrogen (secondary N) is 1. The molecular formula is C12H21N5O. The molecule has 1 amide bonds. The molecule has 0 saturated carbocycles. The van der Waals surface area contributed by atoms with Crippen molar-refractivity contribution in [3.63, 3.8) is 0 Å². The number of nitrogen functional groups attached to an aromatic ring is 1. The monoisotopic (exact) mass is 251 g/mol. The lowest BCUT2D eigenvalue weighted by atomic mass is 10.3. The minimum absolute atomic E-state index is 0.0742. The Balaban J connectivity index is 1.69. The van der Waals surface area contributed by atoms with Crippen molar-refractivity contribution in [3.05, 3.63) is 11.8 Å². The molecule has 1 aliphatic rings. The highest BCUT2D eigenvalue weighted by Gasteiger charge is 2.13. The summed E-state index contributed by atoms with van der Waals surface area (Å²) in [5, 5.41) is 6.91. The lowest BCUT2D eigenvalue weighted by molar-refractivity contribution is -0.121. The second-order valence-corrected chi connectivity index (χ2v) is 4.75. The third-order valence-electron chi connectivity index (χ3n) is 3.39. The molecule has 18 heavy (non-hydrogen) atoms. The molecule has 0 aliphatic carbocycles. The zero-order valence-electron chi connectivity index (χ0n) is 10.9. The van der Waals surface area contributed by atoms with Crippen molar-refractivity contribution in [2.45, 2.75) is 25.8 Å². The average Bonchev–Trinajstić information content (AvgIpc) is 2.97. The first-order valence-electron chi connectivity index (χ1n) is 6.42. The van der Waals surface area contributed by atoms with Gasteiger partial charge >= 0.3 is 0 Å². The number of amides is 1. The van der Waals surface area contributed by atoms with Crippen LogP contribution in [0.1, 0.15) is 24.8 Å². The third kappa shape index (κ3) is 3.22. The number of hydrogen-bond acceptors (Lipinski definition) is 4. The molecule has 0 atom stereocenters. The molecule has 1 aliphatic heterocycles. The number of aryl methyl sites for hydroxylation is 1. The summed E-state index contributed by atoms with van der Waals surface area (Å²) in [5.41, 5.74) is 6.67. The van der Waals surface area contributed by atoms with Gasteiger partial charge in [0.05, 0.1) is 6.20 Å². The smallest absolute Gasteiger partial charge is 0.221 e. The van der Waals surface area contributed by atoms with E-state index in [0.717, 1.165) is 25.2 Å². The molecule has 1 saturated heterocycles. The van der Waals surface area contributed by atoms with Crippen LogP contribution < -0.4 is 11.1 Å². The van der Waals surface area contributed by atoms with E-state index in [4.69, 9.17) is 5.73 Å². The molecule has 3 N–H and O–H groups in total. The Morgan fingerprint density at radius 1 is 1.50 bits per heavy atom. The zero-order valence-corrected chi connectivity index (χ0v) is 10.9. The van der Waals surface area contributed by atoms with Crippen molar-refractivity contribution in [1.82, 2.24) is 20.0 Å². The van der Waals surface area contributed by atoms with Crippen LogP contribution in [0.15, 0.2) is 6.20 Å². The van der Waals surface area contributed by atoms with Gasteiger partial charge in [0.2, 0.25) is 5.91 Å². The highest BCUT2D eigenvalue weighted by molar-refractivity contribution is 5.76. The number of aromatic nitrogens is 2. The maximum Gasteiger partial charge on any atom is 0.221 e. The normalized spacial score (nSPS) is 16.1. The van der Waals surface area contributed by atoms with E-state index in [9.17, 15) is 4.79 Å². The van der Waals surface area contributed by atoms with Gasteiger partial charge in [-0.15, -0.1) is 0 Å². The topological polar surface area (TPSA) is 76.2 Å². The van der Waals surface area contributed by atoms with Crippen molar-refractivity contribution < 1.29 is 4.79 Å². The number of carbonyl (C=O) groups is 1. The van der Waals surface area contributed by atoms with E-state index in [-0.39, 0.29) is 5.91 Å². The van der Waals surface area contributed by atoms with Crippen LogP contribution in [0.4, 0.5) is 5.82 Å². The van der Waals surface area contributed by atoms with Gasteiger partial charge in [-0.1, -0.05) is 0 Å². The fraction of sp³-hybridized carbons (Fsp3) is 0.667. The predicted molar refractivity (Wildman–Crippen MR) is 69.8 cm³/mol. The highest BCUT2D eigenvalue weighted by Crippen LogP contribution is 2.09. The summed E-state index contributed by atoms with van der Waals surface area (Å²) in [6.45, 7) is 3.57. The Bertz CT molecular complexity index is 409. The second-order valence-electron chi connectivity index (χ2n) is 4.75. The van der Waals surface area contributed by atoms with Crippen LogP contribution >= 0.6 is 0 Å². The molecule has 0 unspecified atom stereocenters. The molecule has 1 fully saturated rings. The lowest BCUT2D eigenvalue weighted by Crippen LogP contribution is -2.29. The Labute approximate surface area is 107 Å². The van der Waals surface area contributed by atoms with Crippen LogP contribution in [-0.4, -0.2) is 40.2 Å². The predicted octanol–water partition coefficient (Wildman–Crippen LogP) is 0.104. The summed E-state index contributed by atoms with van der Waals surface area (Å²) in [4.78, 5) is 14.0. The minimum Gasteiger partial charge on any atom is -0.384 e. The molecule has 1 aromatic rings. The first-order chi connectivity index (χ1) is 8.66. The zero-order chi connectivity index (χ0) is 13.0. The molecule has 0 radical (unpaired) electrons. The first kappa shape index (κ1) is 12.9. The van der Waals surface area contributed by atoms with E-state index in [0.29, 0.717) is 18.8 Å². The van der Waals surface area contributed by atoms with Gasteiger partial charge in [0.1, 0.15) is 5.82 Å². The third-order valence-corrected chi connectivity index (χ3v) is 3.39. The first-order valence-corrected chi connectivity index (χ1v) is 6.42. The van der Waals surface area contributed by atoms with Crippen LogP contribution in [0.2, 0.25) is 0 Å². The van der Waals surface area contributed by atoms with Gasteiger partial charge in [-0.2, -0.15) is 5.10 Å². The number of nitrogens with zero attached hydrogens (tertiary/aromatic N) is 3. The van der Waals surface area contributed by atoms with Crippen LogP contribution in [-0.2, 0) is 18.4 Å². The quantitative estimate of drug-likeness (QED) is 0.778. The molecule has 0 spiro atoms. The van der Waals surface area contributed by atoms with Gasteiger partial charge in [0.25, 0.3) is 0 Å². The van der Waals surface area contributed by atoms with Crippen molar-refractivity contribution in [3.8, 4) is 0 Å². The Hall–Kier alpha value is -1.56. The Kier molecular flexibility index (Phi) is 4.19. The Morgan fingerprint density at radius 3 is 2.83 bits per heavy atom. The average molecular weight is 251 g/mol. The van der Waals surface area contributed by atoms with Crippen molar-refractivity contribution in [1.29, 1.82) is 0 Å². The van der Waals surface area contributed by atoms with E-state index < -0.39 is 0 Å². The van der Waals surface area contributed by atoms with Crippen LogP contribution in [0, 0.1) is 0 Å². The van der Waals surface area contributed by atoms with E-state index in [2.05, 4.69) is 15.3 Å². The van der Waals surface area contributed by atoms with Gasteiger partial charge in [-0.05, 0) is 25.9 Å². The summed E-state index contributed by atoms with van der Waals surface area (Å²) in [6, 6.07) is 0. The van der Waals surface area contributed by atoms with Gasteiger partial charge < -0.3 is 16.0 Å². The molecule has 2 heterocycles. The summed E-state index contributed by atoms with van der Waals surface area (Å²) < 4.78 is 1.60. The van der Waals surface area contributed by atoms with Gasteiger partial charge in [0, 0.05) is 32.1 Å². The molecule has 100 valence electrons. The molecule has 2 rings (SSSR count). The van der Waals surface area contributed by atoms with Gasteiger partial charge in [0.15, 0.2) is 0 Å². The molecule has 0 bridgehead atoms. The van der Waals surface area contributed by atoms with Crippen molar-refractivity contribution >= 4 is 11.7 Å². The molecule has 1 aromatic heterocycles. The van der Waals surface area contributed by atoms with Crippen LogP contribution in [0.5, 0.6) is 0 Å². The van der Waals surface area contributed by atoms with Crippen molar-refractivity contribution in [2.24, 2.45) is 7.05 Å². The van der Waals surface area contributed by atoms with Crippen LogP contribution in [0.25, 0.3) is 0 Å². The summed E-state index contributed by atoms with van der Waals surface area (Å²) in [6.07, 6.45) is 4.76. The minimum atomic E-state index is 0.0742. The fourth-order valence-electron chi connectivity index (χ4n) is 2.18. The number of hydrogen-bond donors (Lipinski definition) is 2. The molecule has 6 nitrogen and oxygen atoms in total. The van der Waals surface area contributed by atoms with E-state index in [1.165, 1.54) is 12.8 Å². The number of rotatable bonds is 5. The maximum atomic E-state index is 11.7. The largest absolute Gasteiger partial charge is 0.384 e. The number of likely N-dealkylation sites (tertiary alicyclic amines) is 1. The molecule has 0 aromatic carbocycles. The summed E-state index contributed by atoms with van der Waals surface area (Å²) in [7, 11) is 1.79. The Morgan fingerprint density at radius 2 is 2.22 bits per heavy atom. The number of carbonyl (C=O) groups excluding carboxylic acids is 1. The number of nitrogens with two attached hydrogens (primary N) is 1. The SMILES string of the molecule is Cn1ncc(CNC(=O)CCN2CCCC2)c1N. The van der Waals surface area contributed by atoms with E-state index >= 15 is 0 Å². The standard InChI is InChI=1S/C12H21N5O/c1-16-12(13)10(9-15-16)8-14-11(18)4-7-17-5-2-3-6-17/h9H,2-8,13H2,1H3,(H,14,18). The van der Waals surface area contributed by atoms with Crippen molar-refractivity contribution in [2.75, 3.05) is 25.4 Å². The van der Waals surface area contributed by atoms with E-state index in [1.807, 2.05) is 0 Å². The summed E-state index contributed by atoms with van der Waals surface area (Å²) in [5.74, 6) is 0.681. The number of anilines is 1. The molecular weight excluding hydrogens is 230 g/mol. The van der Waals surface area contributed by atoms with Gasteiger partial charge in [-0.25, -0.2) is 0 Å². The van der Waals surface area contributed by atoms with Gasteiger partial charge in [-0.3, -0.25) is 9.48 Å². The maximum absolute atomic E-state index is 11.7. The van der Waals surface area contributed by atoms with E-state index in [1.54, 1.807) is 17.9 Å². The fourth-order valence-corrected chi connectivity index (χ4v) is 2.18. The lowest BCUT2D eigenvalue weighted by Gasteiger charge is -2.13.